The van der Waals surface area contributed by atoms with E-state index in [4.69, 9.17) is 23.2 Å². The largest absolute Gasteiger partial charge is 0.0918 e. The van der Waals surface area contributed by atoms with Crippen LogP contribution in [0.5, 0.6) is 0 Å². The second-order valence-electron chi connectivity index (χ2n) is 5.28. The van der Waals surface area contributed by atoms with Gasteiger partial charge < -0.3 is 0 Å². The Morgan fingerprint density at radius 2 is 1.67 bits per heavy atom. The first kappa shape index (κ1) is 17.3. The predicted octanol–water partition coefficient (Wildman–Crippen LogP) is 6.57. The van der Waals surface area contributed by atoms with Crippen LogP contribution in [0, 0.1) is 6.92 Å². The second-order valence-corrected chi connectivity index (χ2v) is 7.24. The standard InChI is InChI=1S/C17H16Br2Cl2/c1-12-4-2-3-5-15(12)17(10-18,11-19)9-13-6-7-14(20)8-16(13)21/h2-8H,9-11H2,1H3. The van der Waals surface area contributed by atoms with Crippen molar-refractivity contribution in [1.29, 1.82) is 0 Å². The van der Waals surface area contributed by atoms with Crippen molar-refractivity contribution in [3.05, 3.63) is 69.2 Å². The van der Waals surface area contributed by atoms with Crippen LogP contribution in [0.25, 0.3) is 0 Å². The Morgan fingerprint density at radius 1 is 1.00 bits per heavy atom. The summed E-state index contributed by atoms with van der Waals surface area (Å²) >= 11 is 19.8. The lowest BCUT2D eigenvalue weighted by atomic mass is 9.77. The molecular formula is C17H16Br2Cl2. The van der Waals surface area contributed by atoms with E-state index in [-0.39, 0.29) is 5.41 Å². The molecule has 0 saturated heterocycles. The number of rotatable bonds is 5. The average Bonchev–Trinajstić information content (AvgIpc) is 2.48. The highest BCUT2D eigenvalue weighted by Gasteiger charge is 2.32. The quantitative estimate of drug-likeness (QED) is 0.452. The molecule has 0 spiro atoms. The maximum absolute atomic E-state index is 6.36. The van der Waals surface area contributed by atoms with Gasteiger partial charge in [-0.15, -0.1) is 0 Å². The molecule has 0 heterocycles. The number of halogens is 4. The van der Waals surface area contributed by atoms with Gasteiger partial charge in [-0.2, -0.15) is 0 Å². The van der Waals surface area contributed by atoms with Crippen molar-refractivity contribution >= 4 is 55.1 Å². The highest BCUT2D eigenvalue weighted by atomic mass is 79.9. The van der Waals surface area contributed by atoms with Gasteiger partial charge in [0.15, 0.2) is 0 Å². The minimum Gasteiger partial charge on any atom is -0.0918 e. The number of benzene rings is 2. The first-order valence-corrected chi connectivity index (χ1v) is 9.64. The summed E-state index contributed by atoms with van der Waals surface area (Å²) in [4.78, 5) is 0. The van der Waals surface area contributed by atoms with Crippen LogP contribution in [-0.4, -0.2) is 10.7 Å². The van der Waals surface area contributed by atoms with Gasteiger partial charge >= 0.3 is 0 Å². The van der Waals surface area contributed by atoms with Crippen molar-refractivity contribution < 1.29 is 0 Å². The topological polar surface area (TPSA) is 0 Å². The third-order valence-corrected chi connectivity index (χ3v) is 6.51. The minimum atomic E-state index is -0.0389. The average molecular weight is 451 g/mol. The van der Waals surface area contributed by atoms with Crippen molar-refractivity contribution in [2.24, 2.45) is 0 Å². The summed E-state index contributed by atoms with van der Waals surface area (Å²) in [6.07, 6.45) is 0.852. The molecule has 0 saturated carbocycles. The fourth-order valence-corrected chi connectivity index (χ4v) is 4.97. The third kappa shape index (κ3) is 3.85. The van der Waals surface area contributed by atoms with Crippen LogP contribution in [-0.2, 0) is 11.8 Å². The summed E-state index contributed by atoms with van der Waals surface area (Å²) in [6.45, 7) is 2.15. The van der Waals surface area contributed by atoms with Crippen LogP contribution in [0.15, 0.2) is 42.5 Å². The van der Waals surface area contributed by atoms with Crippen molar-refractivity contribution in [1.82, 2.24) is 0 Å². The first-order valence-electron chi connectivity index (χ1n) is 6.64. The molecule has 0 N–H and O–H groups in total. The smallest absolute Gasteiger partial charge is 0.0453 e. The first-order chi connectivity index (χ1) is 10.0. The van der Waals surface area contributed by atoms with E-state index < -0.39 is 0 Å². The van der Waals surface area contributed by atoms with E-state index in [0.717, 1.165) is 27.7 Å². The van der Waals surface area contributed by atoms with Gasteiger partial charge in [-0.1, -0.05) is 85.4 Å². The molecule has 0 bridgehead atoms. The molecule has 2 aromatic rings. The predicted molar refractivity (Wildman–Crippen MR) is 101 cm³/mol. The van der Waals surface area contributed by atoms with Crippen LogP contribution >= 0.6 is 55.1 Å². The molecule has 4 heteroatoms. The van der Waals surface area contributed by atoms with Crippen LogP contribution in [0.3, 0.4) is 0 Å². The highest BCUT2D eigenvalue weighted by Crippen LogP contribution is 2.36. The zero-order valence-corrected chi connectivity index (χ0v) is 16.4. The van der Waals surface area contributed by atoms with E-state index in [1.54, 1.807) is 0 Å². The lowest BCUT2D eigenvalue weighted by Gasteiger charge is -2.32. The van der Waals surface area contributed by atoms with E-state index in [2.05, 4.69) is 63.0 Å². The van der Waals surface area contributed by atoms with E-state index in [9.17, 15) is 0 Å². The van der Waals surface area contributed by atoms with Gasteiger partial charge in [0.1, 0.15) is 0 Å². The zero-order valence-electron chi connectivity index (χ0n) is 11.7. The Bertz CT molecular complexity index is 622. The number of hydrogen-bond acceptors (Lipinski definition) is 0. The lowest BCUT2D eigenvalue weighted by molar-refractivity contribution is 0.548. The third-order valence-electron chi connectivity index (χ3n) is 3.77. The normalized spacial score (nSPS) is 11.7. The van der Waals surface area contributed by atoms with Crippen molar-refractivity contribution in [2.75, 3.05) is 10.7 Å². The van der Waals surface area contributed by atoms with E-state index in [1.807, 2.05) is 18.2 Å². The van der Waals surface area contributed by atoms with Gasteiger partial charge in [-0.05, 0) is 42.2 Å². The molecule has 2 aromatic carbocycles. The summed E-state index contributed by atoms with van der Waals surface area (Å²) in [6, 6.07) is 14.2. The van der Waals surface area contributed by atoms with Gasteiger partial charge in [0.2, 0.25) is 0 Å². The van der Waals surface area contributed by atoms with Crippen LogP contribution < -0.4 is 0 Å². The molecule has 0 unspecified atom stereocenters. The molecular weight excluding hydrogens is 435 g/mol. The molecule has 0 radical (unpaired) electrons. The summed E-state index contributed by atoms with van der Waals surface area (Å²) < 4.78 is 0. The number of hydrogen-bond donors (Lipinski definition) is 0. The van der Waals surface area contributed by atoms with Gasteiger partial charge in [0.05, 0.1) is 0 Å². The lowest BCUT2D eigenvalue weighted by Crippen LogP contribution is -2.34. The van der Waals surface area contributed by atoms with Crippen molar-refractivity contribution in [2.45, 2.75) is 18.8 Å². The molecule has 0 amide bonds. The fourth-order valence-electron chi connectivity index (χ4n) is 2.57. The molecule has 0 nitrogen and oxygen atoms in total. The maximum atomic E-state index is 6.36. The molecule has 0 fully saturated rings. The fraction of sp³-hybridized carbons (Fsp3) is 0.294. The number of alkyl halides is 2. The molecule has 0 aliphatic heterocycles. The SMILES string of the molecule is Cc1ccccc1C(CBr)(CBr)Cc1ccc(Cl)cc1Cl. The molecule has 0 atom stereocenters. The Labute approximate surface area is 153 Å². The van der Waals surface area contributed by atoms with E-state index in [1.165, 1.54) is 11.1 Å². The zero-order chi connectivity index (χ0) is 15.5. The Hall–Kier alpha value is -0.0200. The number of aryl methyl sites for hydroxylation is 1. The molecule has 2 rings (SSSR count). The van der Waals surface area contributed by atoms with Gasteiger partial charge in [0.25, 0.3) is 0 Å². The van der Waals surface area contributed by atoms with Crippen LogP contribution in [0.1, 0.15) is 16.7 Å². The Morgan fingerprint density at radius 3 is 2.24 bits per heavy atom. The molecule has 0 aliphatic rings. The second kappa shape index (κ2) is 7.50. The van der Waals surface area contributed by atoms with E-state index >= 15 is 0 Å². The van der Waals surface area contributed by atoms with E-state index in [0.29, 0.717) is 5.02 Å². The molecule has 112 valence electrons. The van der Waals surface area contributed by atoms with Crippen LogP contribution in [0.2, 0.25) is 10.0 Å². The van der Waals surface area contributed by atoms with Gasteiger partial charge in [-0.3, -0.25) is 0 Å². The monoisotopic (exact) mass is 448 g/mol. The van der Waals surface area contributed by atoms with Gasteiger partial charge in [-0.25, -0.2) is 0 Å². The van der Waals surface area contributed by atoms with Crippen LogP contribution in [0.4, 0.5) is 0 Å². The highest BCUT2D eigenvalue weighted by molar-refractivity contribution is 9.09. The minimum absolute atomic E-state index is 0.0389. The summed E-state index contributed by atoms with van der Waals surface area (Å²) in [5.74, 6) is 0. The Kier molecular flexibility index (Phi) is 6.19. The molecule has 0 aromatic heterocycles. The Balaban J connectivity index is 2.46. The maximum Gasteiger partial charge on any atom is 0.0453 e. The molecule has 21 heavy (non-hydrogen) atoms. The van der Waals surface area contributed by atoms with Gasteiger partial charge in [0, 0.05) is 26.1 Å². The summed E-state index contributed by atoms with van der Waals surface area (Å²) in [7, 11) is 0. The summed E-state index contributed by atoms with van der Waals surface area (Å²) in [5.41, 5.74) is 3.71. The van der Waals surface area contributed by atoms with Crippen molar-refractivity contribution in [3.8, 4) is 0 Å². The van der Waals surface area contributed by atoms with Crippen molar-refractivity contribution in [3.63, 3.8) is 0 Å². The molecule has 0 aliphatic carbocycles. The summed E-state index contributed by atoms with van der Waals surface area (Å²) in [5, 5.41) is 3.11.